The largest absolute Gasteiger partial charge is 0.480 e. The Balaban J connectivity index is 1.54. The molecule has 19 N–H and O–H groups in total. The van der Waals surface area contributed by atoms with Crippen LogP contribution in [0, 0.1) is 17.2 Å². The second kappa shape index (κ2) is 40.5. The van der Waals surface area contributed by atoms with Crippen LogP contribution >= 0.6 is 33.3 Å². The number of amides is 11. The number of thioether (sulfide) groups is 1. The Labute approximate surface area is 574 Å². The summed E-state index contributed by atoms with van der Waals surface area (Å²) < 4.78 is 0. The number of aliphatic carboxylic acids is 1. The SMILES string of the molecule is CSCC[C@@H]1NC(=O)[C@H](Cc2c[nH]c3ccccc23)NC(=O)[C@@H](NC(=O)CCCCC(C)C)CSSC[C@@H](C(=O)O)NC(=O)[C@H]([C@@H](C)O)NC(=O)CNC(=O)[C@H](CC(C)C)NC(=O)[C@H](Cc2cnc[nH]2)NC(=O)[C@H](CCCNC(=N)N)NC(=O)[C@@H]2CCCN2C(=O)[C@H](CO)NC1=O. The molecule has 35 heteroatoms. The number of aromatic amines is 2. The molecule has 0 saturated carbocycles. The van der Waals surface area contributed by atoms with Crippen molar-refractivity contribution in [3.8, 4) is 0 Å². The Bertz CT molecular complexity index is 3170. The highest BCUT2D eigenvalue weighted by atomic mass is 33.1. The summed E-state index contributed by atoms with van der Waals surface area (Å²) in [4.78, 5) is 181. The first-order chi connectivity index (χ1) is 46.2. The topological polar surface area (TPSA) is 495 Å². The Kier molecular flexibility index (Phi) is 33.2. The smallest absolute Gasteiger partial charge is 0.327 e. The number of carbonyl (C=O) groups excluding carboxylic acids is 11. The van der Waals surface area contributed by atoms with Crippen LogP contribution in [0.15, 0.2) is 43.0 Å². The number of carboxylic acids is 1. The number of nitrogens with two attached hydrogens (primary N) is 1. The van der Waals surface area contributed by atoms with Crippen LogP contribution in [-0.2, 0) is 70.4 Å². The minimum atomic E-state index is -1.77. The summed E-state index contributed by atoms with van der Waals surface area (Å²) >= 11 is 1.33. The van der Waals surface area contributed by atoms with Crippen LogP contribution in [0.3, 0.4) is 0 Å². The standard InChI is InChI=1S/C62H95N17O15S3/c1-33(2)13-7-10-18-49(82)70-46-30-96-97-31-47(61(93)94)77-59(91)51(35(5)81)78-50(83)28-68-52(84)42(23-34(3)4)73-56(88)44(25-37-27-65-32-69-37)75-53(85)40(16-11-20-66-62(63)64)72-58(90)48-17-12-21-79(48)60(92)45(29-80)76-54(86)41(19-22-95-6)71-55(87)43(74-57(46)89)24-36-26-67-39-15-9-8-14-38(36)39/h8-9,14-15,26-27,32-35,40-48,51,67,80-81H,7,10-13,16-25,28-31H2,1-6H3,(H,65,69)(H,68,84)(H,70,82)(H,71,87)(H,72,90)(H,73,88)(H,74,89)(H,75,85)(H,76,86)(H,77,91)(H,78,83)(H,93,94)(H4,63,64,66)/t35-,40+,41+,42+,43+,44+,45+,46+,47+,48+,51+/m1/s1. The second-order valence-corrected chi connectivity index (χ2v) is 28.2. The van der Waals surface area contributed by atoms with Gasteiger partial charge in [0.15, 0.2) is 5.96 Å². The molecule has 2 aromatic heterocycles. The molecule has 32 nitrogen and oxygen atoms in total. The van der Waals surface area contributed by atoms with Crippen LogP contribution < -0.4 is 64.2 Å². The Morgan fingerprint density at radius 2 is 1.38 bits per heavy atom. The number of aliphatic hydroxyl groups is 2. The van der Waals surface area contributed by atoms with Gasteiger partial charge in [-0.1, -0.05) is 80.3 Å². The van der Waals surface area contributed by atoms with Crippen molar-refractivity contribution in [1.82, 2.24) is 78.3 Å². The van der Waals surface area contributed by atoms with Crippen LogP contribution in [0.25, 0.3) is 10.9 Å². The van der Waals surface area contributed by atoms with Gasteiger partial charge in [-0.15, -0.1) is 0 Å². The van der Waals surface area contributed by atoms with Gasteiger partial charge in [0.2, 0.25) is 65.0 Å². The fourth-order valence-corrected chi connectivity index (χ4v) is 13.5. The molecule has 0 aliphatic carbocycles. The molecule has 2 aliphatic heterocycles. The zero-order valence-electron chi connectivity index (χ0n) is 55.4. The molecule has 536 valence electrons. The van der Waals surface area contributed by atoms with E-state index in [1.807, 2.05) is 13.8 Å². The zero-order valence-corrected chi connectivity index (χ0v) is 57.9. The fourth-order valence-electron chi connectivity index (χ4n) is 10.8. The summed E-state index contributed by atoms with van der Waals surface area (Å²) in [5.74, 6) is -11.6. The number of H-pyrrole nitrogens is 2. The number of guanidine groups is 1. The van der Waals surface area contributed by atoms with Gasteiger partial charge in [-0.05, 0) is 87.3 Å². The first-order valence-electron chi connectivity index (χ1n) is 32.3. The molecule has 11 atom stereocenters. The number of para-hydroxylation sites is 1. The maximum Gasteiger partial charge on any atom is 0.327 e. The summed E-state index contributed by atoms with van der Waals surface area (Å²) in [6.45, 7) is 7.03. The number of imidazole rings is 1. The third-order valence-electron chi connectivity index (χ3n) is 15.9. The molecule has 4 heterocycles. The number of rotatable bonds is 22. The Morgan fingerprint density at radius 1 is 0.742 bits per heavy atom. The molecule has 11 amide bonds. The molecular weight excluding hydrogens is 1320 g/mol. The minimum absolute atomic E-state index is 0.00205. The van der Waals surface area contributed by atoms with E-state index in [4.69, 9.17) is 11.1 Å². The number of benzene rings is 1. The van der Waals surface area contributed by atoms with E-state index in [0.717, 1.165) is 39.8 Å². The van der Waals surface area contributed by atoms with Gasteiger partial charge < -0.3 is 94.4 Å². The molecule has 1 aromatic carbocycles. The minimum Gasteiger partial charge on any atom is -0.480 e. The molecule has 2 fully saturated rings. The van der Waals surface area contributed by atoms with E-state index in [9.17, 15) is 72.9 Å². The Hall–Kier alpha value is -8.15. The predicted octanol–water partition coefficient (Wildman–Crippen LogP) is -1.72. The van der Waals surface area contributed by atoms with Gasteiger partial charge in [-0.2, -0.15) is 11.8 Å². The van der Waals surface area contributed by atoms with Gasteiger partial charge in [0.25, 0.3) is 0 Å². The van der Waals surface area contributed by atoms with E-state index in [2.05, 4.69) is 73.4 Å². The van der Waals surface area contributed by atoms with Crippen molar-refractivity contribution in [1.29, 1.82) is 5.41 Å². The van der Waals surface area contributed by atoms with E-state index >= 15 is 0 Å². The maximum absolute atomic E-state index is 14.9. The molecule has 2 aliphatic rings. The number of hydrogen-bond acceptors (Lipinski definition) is 19. The lowest BCUT2D eigenvalue weighted by Gasteiger charge is -2.30. The van der Waals surface area contributed by atoms with Crippen molar-refractivity contribution in [2.45, 2.75) is 178 Å². The van der Waals surface area contributed by atoms with Gasteiger partial charge >= 0.3 is 5.97 Å². The van der Waals surface area contributed by atoms with Gasteiger partial charge in [0, 0.05) is 72.8 Å². The van der Waals surface area contributed by atoms with Crippen molar-refractivity contribution in [2.24, 2.45) is 17.6 Å². The number of nitrogens with zero attached hydrogens (tertiary/aromatic N) is 2. The summed E-state index contributed by atoms with van der Waals surface area (Å²) in [5, 5.41) is 68.7. The number of fused-ring (bicyclic) bond motifs is 2. The number of carboxylic acid groups (broad SMARTS) is 1. The molecule has 0 spiro atoms. The number of carbonyl (C=O) groups is 12. The van der Waals surface area contributed by atoms with Crippen molar-refractivity contribution in [3.05, 3.63) is 54.2 Å². The fraction of sp³-hybridized carbons (Fsp3) is 0.613. The number of unbranched alkanes of at least 4 members (excludes halogenated alkanes) is 1. The van der Waals surface area contributed by atoms with Gasteiger partial charge in [-0.25, -0.2) is 9.78 Å². The summed E-state index contributed by atoms with van der Waals surface area (Å²) in [7, 11) is 1.85. The number of aliphatic hydroxyl groups excluding tert-OH is 2. The van der Waals surface area contributed by atoms with Gasteiger partial charge in [0.1, 0.15) is 60.4 Å². The molecule has 0 unspecified atom stereocenters. The first-order valence-corrected chi connectivity index (χ1v) is 36.2. The van der Waals surface area contributed by atoms with E-state index < -0.39 is 151 Å². The van der Waals surface area contributed by atoms with Crippen LogP contribution in [0.1, 0.15) is 110 Å². The van der Waals surface area contributed by atoms with Crippen molar-refractivity contribution >= 4 is 121 Å². The molecule has 0 bridgehead atoms. The zero-order chi connectivity index (χ0) is 71.3. The highest BCUT2D eigenvalue weighted by Gasteiger charge is 2.41. The molecule has 3 aromatic rings. The number of hydrogen-bond donors (Lipinski definition) is 18. The van der Waals surface area contributed by atoms with Crippen LogP contribution in [0.4, 0.5) is 0 Å². The predicted molar refractivity (Wildman–Crippen MR) is 366 cm³/mol. The van der Waals surface area contributed by atoms with E-state index in [1.54, 1.807) is 50.6 Å². The summed E-state index contributed by atoms with van der Waals surface area (Å²) in [6.07, 6.45) is 6.55. The third kappa shape index (κ3) is 26.3. The normalized spacial score (nSPS) is 24.4. The van der Waals surface area contributed by atoms with Gasteiger partial charge in [0.05, 0.1) is 25.6 Å². The van der Waals surface area contributed by atoms with E-state index in [0.29, 0.717) is 40.9 Å². The van der Waals surface area contributed by atoms with E-state index in [1.165, 1.54) is 24.3 Å². The monoisotopic (exact) mass is 1410 g/mol. The molecule has 97 heavy (non-hydrogen) atoms. The van der Waals surface area contributed by atoms with Crippen LogP contribution in [0.5, 0.6) is 0 Å². The van der Waals surface area contributed by atoms with Crippen molar-refractivity contribution in [3.63, 3.8) is 0 Å². The maximum atomic E-state index is 14.9. The number of aromatic nitrogens is 3. The third-order valence-corrected chi connectivity index (χ3v) is 19.0. The second-order valence-electron chi connectivity index (χ2n) is 24.7. The van der Waals surface area contributed by atoms with Crippen LogP contribution in [0.2, 0.25) is 0 Å². The lowest BCUT2D eigenvalue weighted by atomic mass is 10.0. The van der Waals surface area contributed by atoms with E-state index in [-0.39, 0.29) is 100 Å². The molecule has 0 radical (unpaired) electrons. The quantitative estimate of drug-likeness (QED) is 0.0230. The highest BCUT2D eigenvalue weighted by molar-refractivity contribution is 8.76. The average Bonchev–Trinajstić information content (AvgIpc) is 1.73. The number of nitrogens with one attached hydrogen (secondary N) is 14. The lowest BCUT2D eigenvalue weighted by Crippen LogP contribution is -2.61. The van der Waals surface area contributed by atoms with Crippen LogP contribution in [-0.4, -0.2) is 228 Å². The molecular formula is C62H95N17O15S3. The first kappa shape index (κ1) is 79.5. The summed E-state index contributed by atoms with van der Waals surface area (Å²) in [5.41, 5.74) is 7.17. The average molecular weight is 1410 g/mol. The molecule has 5 rings (SSSR count). The lowest BCUT2D eigenvalue weighted by molar-refractivity contribution is -0.143. The van der Waals surface area contributed by atoms with Crippen molar-refractivity contribution in [2.75, 3.05) is 49.8 Å². The summed E-state index contributed by atoms with van der Waals surface area (Å²) in [6, 6.07) is -7.63. The van der Waals surface area contributed by atoms with Gasteiger partial charge in [-0.3, -0.25) is 58.1 Å². The highest BCUT2D eigenvalue weighted by Crippen LogP contribution is 2.25. The Morgan fingerprint density at radius 3 is 2.03 bits per heavy atom. The molecule has 2 saturated heterocycles. The van der Waals surface area contributed by atoms with Crippen molar-refractivity contribution < 1.29 is 72.9 Å².